The van der Waals surface area contributed by atoms with E-state index in [1.165, 1.54) is 11.1 Å². The maximum atomic E-state index is 12.8. The molecule has 0 aromatic heterocycles. The zero-order valence-electron chi connectivity index (χ0n) is 23.0. The predicted octanol–water partition coefficient (Wildman–Crippen LogP) is 8.22. The highest BCUT2D eigenvalue weighted by atomic mass is 16.5. The lowest BCUT2D eigenvalue weighted by Gasteiger charge is -2.33. The molecule has 0 spiro atoms. The Balaban J connectivity index is 1.47. The van der Waals surface area contributed by atoms with Crippen molar-refractivity contribution in [2.24, 2.45) is 0 Å². The van der Waals surface area contributed by atoms with E-state index in [-0.39, 0.29) is 17.4 Å². The lowest BCUT2D eigenvalue weighted by molar-refractivity contribution is 0.0723. The summed E-state index contributed by atoms with van der Waals surface area (Å²) in [5, 5.41) is 0. The van der Waals surface area contributed by atoms with Crippen molar-refractivity contribution in [3.63, 3.8) is 0 Å². The second-order valence-corrected chi connectivity index (χ2v) is 10.7. The Kier molecular flexibility index (Phi) is 7.38. The Labute approximate surface area is 230 Å². The van der Waals surface area contributed by atoms with Gasteiger partial charge in [-0.3, -0.25) is 0 Å². The Morgan fingerprint density at radius 1 is 0.564 bits per heavy atom. The quantitative estimate of drug-likeness (QED) is 0.191. The van der Waals surface area contributed by atoms with Crippen LogP contribution in [-0.4, -0.2) is 11.9 Å². The molecule has 1 aliphatic rings. The first kappa shape index (κ1) is 26.4. The van der Waals surface area contributed by atoms with Crippen LogP contribution in [0.5, 0.6) is 11.5 Å². The molecule has 1 saturated carbocycles. The Hall–Kier alpha value is -4.18. The summed E-state index contributed by atoms with van der Waals surface area (Å²) in [4.78, 5) is 25.5. The highest BCUT2D eigenvalue weighted by Crippen LogP contribution is 2.49. The molecular formula is C35H34O4. The van der Waals surface area contributed by atoms with Crippen molar-refractivity contribution in [2.75, 3.05) is 0 Å². The van der Waals surface area contributed by atoms with Gasteiger partial charge in [-0.2, -0.15) is 0 Å². The Bertz CT molecular complexity index is 1360. The number of benzene rings is 4. The van der Waals surface area contributed by atoms with Gasteiger partial charge in [0.25, 0.3) is 0 Å². The standard InChI is InChI=1S/C35H34O4/c1-23-19-29(20-24(2)31(23)38-33(36)27-13-7-5-8-14-27)35(17-11-12-18-35)30-21-25(3)32(26(4)22-30)39-34(37)28-15-9-6-10-16-28/h5-10,13-16,19-22H,11-12,17-18H2,1-4H3. The molecule has 4 heteroatoms. The third-order valence-electron chi connectivity index (χ3n) is 7.89. The van der Waals surface area contributed by atoms with Crippen LogP contribution in [0.15, 0.2) is 84.9 Å². The van der Waals surface area contributed by atoms with Gasteiger partial charge in [0.05, 0.1) is 11.1 Å². The van der Waals surface area contributed by atoms with Crippen LogP contribution in [0.2, 0.25) is 0 Å². The van der Waals surface area contributed by atoms with Gasteiger partial charge in [0, 0.05) is 5.41 Å². The zero-order valence-corrected chi connectivity index (χ0v) is 23.0. The molecule has 4 aromatic carbocycles. The number of hydrogen-bond acceptors (Lipinski definition) is 4. The van der Waals surface area contributed by atoms with Crippen molar-refractivity contribution in [1.29, 1.82) is 0 Å². The summed E-state index contributed by atoms with van der Waals surface area (Å²) in [6.07, 6.45) is 4.37. The highest BCUT2D eigenvalue weighted by molar-refractivity contribution is 5.92. The zero-order chi connectivity index (χ0) is 27.6. The van der Waals surface area contributed by atoms with E-state index >= 15 is 0 Å². The minimum absolute atomic E-state index is 0.144. The van der Waals surface area contributed by atoms with E-state index in [4.69, 9.17) is 9.47 Å². The van der Waals surface area contributed by atoms with Crippen molar-refractivity contribution < 1.29 is 19.1 Å². The fraction of sp³-hybridized carbons (Fsp3) is 0.257. The van der Waals surface area contributed by atoms with E-state index in [0.29, 0.717) is 22.6 Å². The molecule has 4 aromatic rings. The summed E-state index contributed by atoms with van der Waals surface area (Å²) < 4.78 is 11.7. The molecule has 5 rings (SSSR count). The Morgan fingerprint density at radius 2 is 0.897 bits per heavy atom. The van der Waals surface area contributed by atoms with Gasteiger partial charge in [-0.25, -0.2) is 9.59 Å². The van der Waals surface area contributed by atoms with Gasteiger partial charge in [-0.15, -0.1) is 0 Å². The van der Waals surface area contributed by atoms with Crippen LogP contribution in [-0.2, 0) is 5.41 Å². The van der Waals surface area contributed by atoms with Gasteiger partial charge in [-0.1, -0.05) is 73.5 Å². The van der Waals surface area contributed by atoms with Gasteiger partial charge >= 0.3 is 11.9 Å². The van der Waals surface area contributed by atoms with Gasteiger partial charge in [0.1, 0.15) is 11.5 Å². The third kappa shape index (κ3) is 5.24. The highest BCUT2D eigenvalue weighted by Gasteiger charge is 2.38. The first-order chi connectivity index (χ1) is 18.8. The van der Waals surface area contributed by atoms with E-state index < -0.39 is 0 Å². The van der Waals surface area contributed by atoms with Crippen LogP contribution in [0.1, 0.15) is 79.8 Å². The molecule has 39 heavy (non-hydrogen) atoms. The monoisotopic (exact) mass is 518 g/mol. The van der Waals surface area contributed by atoms with Gasteiger partial charge in [-0.05, 0) is 98.2 Å². The lowest BCUT2D eigenvalue weighted by atomic mass is 9.71. The minimum atomic E-state index is -0.350. The minimum Gasteiger partial charge on any atom is -0.422 e. The fourth-order valence-corrected chi connectivity index (χ4v) is 5.95. The maximum Gasteiger partial charge on any atom is 0.343 e. The second-order valence-electron chi connectivity index (χ2n) is 10.7. The smallest absolute Gasteiger partial charge is 0.343 e. The number of aryl methyl sites for hydroxylation is 4. The maximum absolute atomic E-state index is 12.8. The fourth-order valence-electron chi connectivity index (χ4n) is 5.95. The van der Waals surface area contributed by atoms with E-state index in [1.807, 2.05) is 64.1 Å². The van der Waals surface area contributed by atoms with Crippen LogP contribution < -0.4 is 9.47 Å². The van der Waals surface area contributed by atoms with E-state index in [1.54, 1.807) is 24.3 Å². The van der Waals surface area contributed by atoms with Crippen molar-refractivity contribution in [1.82, 2.24) is 0 Å². The van der Waals surface area contributed by atoms with Crippen LogP contribution in [0.3, 0.4) is 0 Å². The van der Waals surface area contributed by atoms with Crippen LogP contribution in [0.4, 0.5) is 0 Å². The number of rotatable bonds is 6. The number of hydrogen-bond donors (Lipinski definition) is 0. The van der Waals surface area contributed by atoms with Crippen molar-refractivity contribution in [3.8, 4) is 11.5 Å². The topological polar surface area (TPSA) is 52.6 Å². The first-order valence-corrected chi connectivity index (χ1v) is 13.6. The summed E-state index contributed by atoms with van der Waals surface area (Å²) in [7, 11) is 0. The van der Waals surface area contributed by atoms with Crippen molar-refractivity contribution >= 4 is 11.9 Å². The molecule has 1 aliphatic carbocycles. The molecule has 0 atom stereocenters. The normalized spacial score (nSPS) is 14.2. The van der Waals surface area contributed by atoms with E-state index in [0.717, 1.165) is 47.9 Å². The average molecular weight is 519 g/mol. The molecule has 4 nitrogen and oxygen atoms in total. The molecule has 0 N–H and O–H groups in total. The molecule has 0 saturated heterocycles. The van der Waals surface area contributed by atoms with Crippen LogP contribution in [0.25, 0.3) is 0 Å². The largest absolute Gasteiger partial charge is 0.422 e. The summed E-state index contributed by atoms with van der Waals surface area (Å²) >= 11 is 0. The SMILES string of the molecule is Cc1cc(C2(c3cc(C)c(OC(=O)c4ccccc4)c(C)c3)CCCC2)cc(C)c1OC(=O)c1ccccc1. The molecule has 0 radical (unpaired) electrons. The van der Waals surface area contributed by atoms with Crippen molar-refractivity contribution in [3.05, 3.63) is 129 Å². The molecule has 198 valence electrons. The van der Waals surface area contributed by atoms with Gasteiger partial charge in [0.2, 0.25) is 0 Å². The second kappa shape index (κ2) is 10.9. The van der Waals surface area contributed by atoms with Crippen molar-refractivity contribution in [2.45, 2.75) is 58.8 Å². The average Bonchev–Trinajstić information content (AvgIpc) is 3.44. The van der Waals surface area contributed by atoms with E-state index in [2.05, 4.69) is 24.3 Å². The predicted molar refractivity (Wildman–Crippen MR) is 154 cm³/mol. The van der Waals surface area contributed by atoms with Gasteiger partial charge < -0.3 is 9.47 Å². The summed E-state index contributed by atoms with van der Waals surface area (Å²) in [5.41, 5.74) is 7.19. The molecule has 0 heterocycles. The summed E-state index contributed by atoms with van der Waals surface area (Å²) in [6, 6.07) is 26.9. The molecule has 0 unspecified atom stereocenters. The molecule has 0 amide bonds. The van der Waals surface area contributed by atoms with Crippen LogP contribution >= 0.6 is 0 Å². The molecular weight excluding hydrogens is 484 g/mol. The van der Waals surface area contributed by atoms with Gasteiger partial charge in [0.15, 0.2) is 0 Å². The number of esters is 2. The molecule has 0 aliphatic heterocycles. The number of carbonyl (C=O) groups is 2. The molecule has 1 fully saturated rings. The summed E-state index contributed by atoms with van der Waals surface area (Å²) in [6.45, 7) is 8.04. The van der Waals surface area contributed by atoms with Crippen LogP contribution in [0, 0.1) is 27.7 Å². The number of carbonyl (C=O) groups excluding carboxylic acids is 2. The Morgan fingerprint density at radius 3 is 1.23 bits per heavy atom. The first-order valence-electron chi connectivity index (χ1n) is 13.6. The summed E-state index contributed by atoms with van der Waals surface area (Å²) in [5.74, 6) is 0.543. The lowest BCUT2D eigenvalue weighted by Crippen LogP contribution is -2.25. The third-order valence-corrected chi connectivity index (χ3v) is 7.89. The number of ether oxygens (including phenoxy) is 2. The molecule has 0 bridgehead atoms. The van der Waals surface area contributed by atoms with E-state index in [9.17, 15) is 9.59 Å².